The summed E-state index contributed by atoms with van der Waals surface area (Å²) in [6.07, 6.45) is 0. The number of hydrogen-bond donors (Lipinski definition) is 0. The molecule has 18 heavy (non-hydrogen) atoms. The van der Waals surface area contributed by atoms with E-state index in [-0.39, 0.29) is 5.78 Å². The maximum atomic E-state index is 11.7. The van der Waals surface area contributed by atoms with Gasteiger partial charge in [-0.3, -0.25) is 4.79 Å². The van der Waals surface area contributed by atoms with Crippen LogP contribution >= 0.6 is 0 Å². The predicted octanol–water partition coefficient (Wildman–Crippen LogP) is 2.76. The number of ether oxygens (including phenoxy) is 1. The summed E-state index contributed by atoms with van der Waals surface area (Å²) in [5.41, 5.74) is 3.64. The van der Waals surface area contributed by atoms with Crippen molar-refractivity contribution in [2.24, 2.45) is 0 Å². The highest BCUT2D eigenvalue weighted by molar-refractivity contribution is 6.83. The van der Waals surface area contributed by atoms with Crippen molar-refractivity contribution in [2.45, 2.75) is 19.6 Å². The molecule has 0 aromatic heterocycles. The Balaban J connectivity index is 2.76. The van der Waals surface area contributed by atoms with Crippen molar-refractivity contribution >= 4 is 13.9 Å². The van der Waals surface area contributed by atoms with Gasteiger partial charge in [-0.1, -0.05) is 19.6 Å². The molecule has 0 amide bonds. The molecule has 0 spiro atoms. The van der Waals surface area contributed by atoms with Crippen LogP contribution in [0.4, 0.5) is 0 Å². The molecule has 0 saturated carbocycles. The zero-order valence-corrected chi connectivity index (χ0v) is 12.1. The lowest BCUT2D eigenvalue weighted by Gasteiger charge is -2.01. The number of ketones is 1. The van der Waals surface area contributed by atoms with Gasteiger partial charge in [-0.15, -0.1) is 5.54 Å². The first-order valence-electron chi connectivity index (χ1n) is 5.64. The Bertz CT molecular complexity index is 543. The molecule has 1 aromatic carbocycles. The lowest BCUT2D eigenvalue weighted by atomic mass is 10.1. The van der Waals surface area contributed by atoms with E-state index in [0.717, 1.165) is 5.75 Å². The van der Waals surface area contributed by atoms with Crippen molar-refractivity contribution in [1.82, 2.24) is 0 Å². The van der Waals surface area contributed by atoms with E-state index in [1.165, 1.54) is 0 Å². The number of carbonyl (C=O) groups is 1. The second-order valence-corrected chi connectivity index (χ2v) is 9.56. The van der Waals surface area contributed by atoms with Crippen molar-refractivity contribution in [3.8, 4) is 29.1 Å². The normalized spacial score (nSPS) is 9.56. The zero-order chi connectivity index (χ0) is 13.6. The van der Waals surface area contributed by atoms with Crippen LogP contribution in [0, 0.1) is 23.3 Å². The highest BCUT2D eigenvalue weighted by Crippen LogP contribution is 2.11. The van der Waals surface area contributed by atoms with E-state index in [9.17, 15) is 4.79 Å². The van der Waals surface area contributed by atoms with Gasteiger partial charge in [-0.2, -0.15) is 0 Å². The van der Waals surface area contributed by atoms with Gasteiger partial charge in [0.25, 0.3) is 0 Å². The number of benzene rings is 1. The minimum Gasteiger partial charge on any atom is -0.497 e. The molecule has 0 fully saturated rings. The van der Waals surface area contributed by atoms with E-state index in [0.29, 0.717) is 5.56 Å². The highest BCUT2D eigenvalue weighted by Gasteiger charge is 2.06. The van der Waals surface area contributed by atoms with Crippen molar-refractivity contribution in [1.29, 1.82) is 0 Å². The quantitative estimate of drug-likeness (QED) is 0.352. The lowest BCUT2D eigenvalue weighted by molar-refractivity contribution is 0.105. The summed E-state index contributed by atoms with van der Waals surface area (Å²) in [5, 5.41) is 0. The van der Waals surface area contributed by atoms with Crippen molar-refractivity contribution in [2.75, 3.05) is 7.11 Å². The molecule has 0 unspecified atom stereocenters. The molecule has 0 aliphatic heterocycles. The molecule has 0 radical (unpaired) electrons. The summed E-state index contributed by atoms with van der Waals surface area (Å²) in [6, 6.07) is 6.87. The first-order chi connectivity index (χ1) is 8.42. The summed E-state index contributed by atoms with van der Waals surface area (Å²) < 4.78 is 5.02. The van der Waals surface area contributed by atoms with Crippen LogP contribution in [-0.4, -0.2) is 21.0 Å². The number of Topliss-reactive ketones (excluding diaryl/α,β-unsaturated/α-hetero) is 1. The smallest absolute Gasteiger partial charge is 0.236 e. The van der Waals surface area contributed by atoms with Crippen LogP contribution in [0.5, 0.6) is 5.75 Å². The lowest BCUT2D eigenvalue weighted by Crippen LogP contribution is -2.16. The standard InChI is InChI=1S/C15H16O2Si/c1-17-14-10-8-13(9-11-14)15(16)7-5-6-12-18(2,3)4/h8-11H,1-4H3. The van der Waals surface area contributed by atoms with Crippen LogP contribution in [0.25, 0.3) is 0 Å². The molecule has 0 saturated heterocycles. The number of hydrogen-bond acceptors (Lipinski definition) is 2. The summed E-state index contributed by atoms with van der Waals surface area (Å²) in [5.74, 6) is 8.39. The van der Waals surface area contributed by atoms with E-state index in [1.807, 2.05) is 0 Å². The first-order valence-corrected chi connectivity index (χ1v) is 9.14. The zero-order valence-electron chi connectivity index (χ0n) is 11.1. The van der Waals surface area contributed by atoms with Gasteiger partial charge >= 0.3 is 0 Å². The van der Waals surface area contributed by atoms with Crippen LogP contribution in [0.1, 0.15) is 10.4 Å². The molecular formula is C15H16O2Si. The third-order valence-electron chi connectivity index (χ3n) is 2.03. The van der Waals surface area contributed by atoms with E-state index >= 15 is 0 Å². The third kappa shape index (κ3) is 4.91. The van der Waals surface area contributed by atoms with Crippen molar-refractivity contribution in [3.63, 3.8) is 0 Å². The molecule has 0 aliphatic carbocycles. The molecular weight excluding hydrogens is 240 g/mol. The maximum absolute atomic E-state index is 11.7. The van der Waals surface area contributed by atoms with Crippen LogP contribution in [0.3, 0.4) is 0 Å². The molecule has 1 aromatic rings. The molecule has 92 valence electrons. The third-order valence-corrected chi connectivity index (χ3v) is 2.90. The second kappa shape index (κ2) is 6.09. The van der Waals surface area contributed by atoms with E-state index in [2.05, 4.69) is 42.9 Å². The summed E-state index contributed by atoms with van der Waals surface area (Å²) in [4.78, 5) is 11.7. The molecule has 0 bridgehead atoms. The topological polar surface area (TPSA) is 26.3 Å². The average molecular weight is 256 g/mol. The van der Waals surface area contributed by atoms with Gasteiger partial charge in [0.05, 0.1) is 7.11 Å². The minimum atomic E-state index is -1.41. The Morgan fingerprint density at radius 2 is 1.72 bits per heavy atom. The fourth-order valence-corrected chi connectivity index (χ4v) is 1.56. The van der Waals surface area contributed by atoms with E-state index in [4.69, 9.17) is 4.74 Å². The monoisotopic (exact) mass is 256 g/mol. The van der Waals surface area contributed by atoms with E-state index < -0.39 is 8.07 Å². The number of rotatable bonds is 2. The van der Waals surface area contributed by atoms with Crippen LogP contribution in [-0.2, 0) is 0 Å². The van der Waals surface area contributed by atoms with Gasteiger partial charge in [0, 0.05) is 5.56 Å². The van der Waals surface area contributed by atoms with Gasteiger partial charge in [0.1, 0.15) is 13.8 Å². The Morgan fingerprint density at radius 3 is 2.22 bits per heavy atom. The Hall–Kier alpha value is -1.97. The largest absolute Gasteiger partial charge is 0.497 e. The number of methoxy groups -OCH3 is 1. The average Bonchev–Trinajstić information content (AvgIpc) is 2.33. The van der Waals surface area contributed by atoms with Gasteiger partial charge in [0.15, 0.2) is 0 Å². The molecule has 0 heterocycles. The minimum absolute atomic E-state index is 0.220. The van der Waals surface area contributed by atoms with Crippen LogP contribution in [0.2, 0.25) is 19.6 Å². The Morgan fingerprint density at radius 1 is 1.11 bits per heavy atom. The van der Waals surface area contributed by atoms with Gasteiger partial charge in [-0.05, 0) is 42.0 Å². The van der Waals surface area contributed by atoms with Crippen LogP contribution in [0.15, 0.2) is 24.3 Å². The fraction of sp³-hybridized carbons (Fsp3) is 0.267. The summed E-state index contributed by atoms with van der Waals surface area (Å²) in [6.45, 7) is 6.40. The molecule has 0 atom stereocenters. The Kier molecular flexibility index (Phi) is 4.77. The van der Waals surface area contributed by atoms with Gasteiger partial charge in [-0.25, -0.2) is 0 Å². The fourth-order valence-electron chi connectivity index (χ4n) is 1.12. The van der Waals surface area contributed by atoms with Crippen molar-refractivity contribution < 1.29 is 9.53 Å². The molecule has 3 heteroatoms. The molecule has 0 aliphatic rings. The second-order valence-electron chi connectivity index (χ2n) is 4.81. The van der Waals surface area contributed by atoms with E-state index in [1.54, 1.807) is 31.4 Å². The van der Waals surface area contributed by atoms with Gasteiger partial charge in [0.2, 0.25) is 5.78 Å². The molecule has 2 nitrogen and oxygen atoms in total. The highest BCUT2D eigenvalue weighted by atomic mass is 28.3. The van der Waals surface area contributed by atoms with Gasteiger partial charge < -0.3 is 4.74 Å². The Labute approximate surface area is 109 Å². The first kappa shape index (κ1) is 14.1. The molecule has 1 rings (SSSR count). The number of carbonyl (C=O) groups excluding carboxylic acids is 1. The summed E-state index contributed by atoms with van der Waals surface area (Å²) in [7, 11) is 0.174. The SMILES string of the molecule is COc1ccc(C(=O)C#CC#C[Si](C)(C)C)cc1. The predicted molar refractivity (Wildman–Crippen MR) is 76.2 cm³/mol. The molecule has 0 N–H and O–H groups in total. The van der Waals surface area contributed by atoms with Crippen LogP contribution < -0.4 is 4.74 Å². The maximum Gasteiger partial charge on any atom is 0.236 e. The summed E-state index contributed by atoms with van der Waals surface area (Å²) >= 11 is 0. The van der Waals surface area contributed by atoms with Crippen molar-refractivity contribution in [3.05, 3.63) is 29.8 Å².